The molecular formula is C13H16BrN5. The predicted octanol–water partition coefficient (Wildman–Crippen LogP) is 3.22. The summed E-state index contributed by atoms with van der Waals surface area (Å²) < 4.78 is 0.984. The first-order valence-corrected chi connectivity index (χ1v) is 7.00. The van der Waals surface area contributed by atoms with E-state index in [1.54, 1.807) is 6.20 Å². The zero-order valence-corrected chi connectivity index (χ0v) is 12.6. The van der Waals surface area contributed by atoms with Gasteiger partial charge in [0.25, 0.3) is 0 Å². The molecule has 2 aromatic rings. The Morgan fingerprint density at radius 2 is 1.95 bits per heavy atom. The van der Waals surface area contributed by atoms with E-state index in [1.807, 2.05) is 24.3 Å². The minimum absolute atomic E-state index is 0.641. The molecular weight excluding hydrogens is 306 g/mol. The minimum Gasteiger partial charge on any atom is -0.340 e. The first-order chi connectivity index (χ1) is 9.24. The van der Waals surface area contributed by atoms with E-state index in [2.05, 4.69) is 55.2 Å². The van der Waals surface area contributed by atoms with Crippen molar-refractivity contribution in [2.45, 2.75) is 13.8 Å². The van der Waals surface area contributed by atoms with E-state index in [1.165, 1.54) is 0 Å². The fourth-order valence-electron chi connectivity index (χ4n) is 1.70. The van der Waals surface area contributed by atoms with E-state index >= 15 is 0 Å². The number of halogens is 1. The van der Waals surface area contributed by atoms with E-state index in [-0.39, 0.29) is 0 Å². The average molecular weight is 322 g/mol. The summed E-state index contributed by atoms with van der Waals surface area (Å²) in [7, 11) is 0. The van der Waals surface area contributed by atoms with Crippen LogP contribution in [0.3, 0.4) is 0 Å². The molecule has 0 unspecified atom stereocenters. The summed E-state index contributed by atoms with van der Waals surface area (Å²) >= 11 is 3.49. The quantitative estimate of drug-likeness (QED) is 0.916. The van der Waals surface area contributed by atoms with E-state index in [0.29, 0.717) is 11.8 Å². The highest BCUT2D eigenvalue weighted by atomic mass is 79.9. The summed E-state index contributed by atoms with van der Waals surface area (Å²) in [5.41, 5.74) is 0.952. The third-order valence-electron chi connectivity index (χ3n) is 2.73. The molecule has 6 heteroatoms. The molecule has 2 rings (SSSR count). The molecule has 1 aromatic heterocycles. The molecule has 100 valence electrons. The van der Waals surface area contributed by atoms with Crippen LogP contribution in [-0.4, -0.2) is 28.3 Å². The van der Waals surface area contributed by atoms with E-state index in [0.717, 1.165) is 23.2 Å². The Balaban J connectivity index is 2.22. The highest BCUT2D eigenvalue weighted by Gasteiger charge is 2.07. The van der Waals surface area contributed by atoms with E-state index < -0.39 is 0 Å². The molecule has 0 amide bonds. The molecule has 0 aliphatic rings. The number of aromatic nitrogens is 3. The number of benzene rings is 1. The van der Waals surface area contributed by atoms with Gasteiger partial charge in [0.1, 0.15) is 0 Å². The first-order valence-electron chi connectivity index (χ1n) is 6.20. The Hall–Kier alpha value is -1.69. The van der Waals surface area contributed by atoms with Crippen LogP contribution in [0.2, 0.25) is 0 Å². The Morgan fingerprint density at radius 1 is 1.21 bits per heavy atom. The molecule has 0 spiro atoms. The zero-order chi connectivity index (χ0) is 13.7. The Bertz CT molecular complexity index is 542. The van der Waals surface area contributed by atoms with Gasteiger partial charge in [-0.15, -0.1) is 5.10 Å². The van der Waals surface area contributed by atoms with Gasteiger partial charge in [0.15, 0.2) is 5.82 Å². The van der Waals surface area contributed by atoms with Gasteiger partial charge in [-0.1, -0.05) is 12.1 Å². The van der Waals surface area contributed by atoms with Gasteiger partial charge in [-0.05, 0) is 41.9 Å². The highest BCUT2D eigenvalue weighted by Crippen LogP contribution is 2.24. The van der Waals surface area contributed by atoms with Crippen LogP contribution in [0.5, 0.6) is 0 Å². The maximum Gasteiger partial charge on any atom is 0.247 e. The lowest BCUT2D eigenvalue weighted by Gasteiger charge is -2.18. The fraction of sp³-hybridized carbons (Fsp3) is 0.308. The van der Waals surface area contributed by atoms with E-state index in [4.69, 9.17) is 0 Å². The highest BCUT2D eigenvalue weighted by molar-refractivity contribution is 9.10. The zero-order valence-electron chi connectivity index (χ0n) is 11.0. The molecule has 0 aliphatic heterocycles. The number of para-hydroxylation sites is 1. The molecule has 0 atom stereocenters. The summed E-state index contributed by atoms with van der Waals surface area (Å²) in [6.07, 6.45) is 1.62. The molecule has 1 heterocycles. The van der Waals surface area contributed by atoms with Crippen molar-refractivity contribution in [2.24, 2.45) is 0 Å². The molecule has 1 aromatic carbocycles. The van der Waals surface area contributed by atoms with Crippen LogP contribution in [0, 0.1) is 0 Å². The lowest BCUT2D eigenvalue weighted by molar-refractivity contribution is 0.796. The predicted molar refractivity (Wildman–Crippen MR) is 80.8 cm³/mol. The maximum absolute atomic E-state index is 4.47. The van der Waals surface area contributed by atoms with Crippen LogP contribution >= 0.6 is 15.9 Å². The molecule has 0 fully saturated rings. The van der Waals surface area contributed by atoms with Crippen LogP contribution < -0.4 is 10.2 Å². The smallest absolute Gasteiger partial charge is 0.247 e. The van der Waals surface area contributed by atoms with Crippen LogP contribution in [0.15, 0.2) is 34.9 Å². The SMILES string of the molecule is CCN(CC)c1nncc(Nc2ccccc2Br)n1. The molecule has 0 aliphatic carbocycles. The van der Waals surface area contributed by atoms with Crippen LogP contribution in [0.25, 0.3) is 0 Å². The fourth-order valence-corrected chi connectivity index (χ4v) is 2.08. The van der Waals surface area contributed by atoms with Crippen molar-refractivity contribution >= 4 is 33.4 Å². The first kappa shape index (κ1) is 13.7. The summed E-state index contributed by atoms with van der Waals surface area (Å²) in [6.45, 7) is 5.86. The molecule has 1 N–H and O–H groups in total. The van der Waals surface area contributed by atoms with Gasteiger partial charge in [-0.2, -0.15) is 10.1 Å². The van der Waals surface area contributed by atoms with Crippen molar-refractivity contribution < 1.29 is 0 Å². The van der Waals surface area contributed by atoms with Crippen molar-refractivity contribution in [1.82, 2.24) is 15.2 Å². The topological polar surface area (TPSA) is 53.9 Å². The average Bonchev–Trinajstić information content (AvgIpc) is 2.43. The van der Waals surface area contributed by atoms with Crippen molar-refractivity contribution in [1.29, 1.82) is 0 Å². The van der Waals surface area contributed by atoms with Crippen molar-refractivity contribution in [3.05, 3.63) is 34.9 Å². The van der Waals surface area contributed by atoms with Gasteiger partial charge in [0.05, 0.1) is 11.9 Å². The number of rotatable bonds is 5. The summed E-state index contributed by atoms with van der Waals surface area (Å²) in [5.74, 6) is 1.32. The standard InChI is InChI=1S/C13H16BrN5/c1-3-19(4-2)13-17-12(9-15-18-13)16-11-8-6-5-7-10(11)14/h5-9H,3-4H2,1-2H3,(H,16,17,18). The van der Waals surface area contributed by atoms with Crippen molar-refractivity contribution in [3.63, 3.8) is 0 Å². The Morgan fingerprint density at radius 3 is 2.63 bits per heavy atom. The molecule has 0 saturated heterocycles. The van der Waals surface area contributed by atoms with Crippen LogP contribution in [-0.2, 0) is 0 Å². The van der Waals surface area contributed by atoms with Gasteiger partial charge in [0.2, 0.25) is 5.95 Å². The Kier molecular flexibility index (Phi) is 4.68. The minimum atomic E-state index is 0.641. The maximum atomic E-state index is 4.47. The van der Waals surface area contributed by atoms with Gasteiger partial charge in [0, 0.05) is 17.6 Å². The van der Waals surface area contributed by atoms with Gasteiger partial charge in [-0.3, -0.25) is 0 Å². The number of hydrogen-bond donors (Lipinski definition) is 1. The number of nitrogens with zero attached hydrogens (tertiary/aromatic N) is 4. The largest absolute Gasteiger partial charge is 0.340 e. The summed E-state index contributed by atoms with van der Waals surface area (Å²) in [4.78, 5) is 6.53. The number of anilines is 3. The lowest BCUT2D eigenvalue weighted by atomic mass is 10.3. The second-order valence-electron chi connectivity index (χ2n) is 3.92. The van der Waals surface area contributed by atoms with Crippen LogP contribution in [0.4, 0.5) is 17.5 Å². The molecule has 0 saturated carbocycles. The molecule has 19 heavy (non-hydrogen) atoms. The van der Waals surface area contributed by atoms with Crippen molar-refractivity contribution in [3.8, 4) is 0 Å². The summed E-state index contributed by atoms with van der Waals surface area (Å²) in [5, 5.41) is 11.3. The normalized spacial score (nSPS) is 10.3. The van der Waals surface area contributed by atoms with E-state index in [9.17, 15) is 0 Å². The molecule has 0 radical (unpaired) electrons. The second-order valence-corrected chi connectivity index (χ2v) is 4.77. The third-order valence-corrected chi connectivity index (χ3v) is 3.42. The lowest BCUT2D eigenvalue weighted by Crippen LogP contribution is -2.24. The van der Waals surface area contributed by atoms with Gasteiger partial charge < -0.3 is 10.2 Å². The second kappa shape index (κ2) is 6.47. The monoisotopic (exact) mass is 321 g/mol. The Labute approximate surface area is 121 Å². The number of nitrogens with one attached hydrogen (secondary N) is 1. The number of hydrogen-bond acceptors (Lipinski definition) is 5. The van der Waals surface area contributed by atoms with Crippen LogP contribution in [0.1, 0.15) is 13.8 Å². The summed E-state index contributed by atoms with van der Waals surface area (Å²) in [6, 6.07) is 7.88. The molecule has 0 bridgehead atoms. The molecule has 5 nitrogen and oxygen atoms in total. The van der Waals surface area contributed by atoms with Gasteiger partial charge in [-0.25, -0.2) is 0 Å². The third kappa shape index (κ3) is 3.41. The van der Waals surface area contributed by atoms with Crippen molar-refractivity contribution in [2.75, 3.05) is 23.3 Å². The van der Waals surface area contributed by atoms with Gasteiger partial charge >= 0.3 is 0 Å².